The number of hydrogen-bond donors (Lipinski definition) is 3. The number of rotatable bonds is 15. The Morgan fingerprint density at radius 3 is 2.31 bits per heavy atom. The minimum absolute atomic E-state index is 0.0273. The van der Waals surface area contributed by atoms with Crippen LogP contribution in [-0.2, 0) is 6.42 Å². The van der Waals surface area contributed by atoms with E-state index in [9.17, 15) is 15.3 Å². The monoisotopic (exact) mass is 362 g/mol. The number of benzene rings is 1. The van der Waals surface area contributed by atoms with Crippen molar-refractivity contribution in [2.45, 2.75) is 96.5 Å². The summed E-state index contributed by atoms with van der Waals surface area (Å²) in [6.07, 6.45) is 18.5. The summed E-state index contributed by atoms with van der Waals surface area (Å²) in [5.41, 5.74) is 0.835. The number of aliphatic hydroxyl groups is 1. The molecule has 3 N–H and O–H groups in total. The third kappa shape index (κ3) is 10.5. The lowest BCUT2D eigenvalue weighted by atomic mass is 10.0. The van der Waals surface area contributed by atoms with Gasteiger partial charge in [-0.3, -0.25) is 0 Å². The molecule has 0 bridgehead atoms. The number of aliphatic hydroxyl groups excluding tert-OH is 1. The van der Waals surface area contributed by atoms with Crippen LogP contribution in [0.2, 0.25) is 0 Å². The van der Waals surface area contributed by atoms with Gasteiger partial charge in [0, 0.05) is 0 Å². The summed E-state index contributed by atoms with van der Waals surface area (Å²) in [5.74, 6) is 0.00552. The zero-order valence-corrected chi connectivity index (χ0v) is 16.5. The standard InChI is InChI=1S/C23H38O3/c1-2-3-4-8-12-17-21(24)18-13-10-7-5-6-9-11-15-20-16-14-19-22(25)23(20)26/h12,14,16-17,19,21,24-26H,2-11,13,15,18H2,1H3/b17-12-. The largest absolute Gasteiger partial charge is 0.504 e. The Bertz CT molecular complexity index is 496. The van der Waals surface area contributed by atoms with E-state index in [1.54, 1.807) is 6.07 Å². The highest BCUT2D eigenvalue weighted by molar-refractivity contribution is 5.44. The van der Waals surface area contributed by atoms with Crippen molar-refractivity contribution in [1.29, 1.82) is 0 Å². The zero-order chi connectivity index (χ0) is 19.0. The fourth-order valence-electron chi connectivity index (χ4n) is 3.19. The van der Waals surface area contributed by atoms with Crippen molar-refractivity contribution < 1.29 is 15.3 Å². The molecule has 26 heavy (non-hydrogen) atoms. The van der Waals surface area contributed by atoms with Gasteiger partial charge in [0.15, 0.2) is 11.5 Å². The molecular weight excluding hydrogens is 324 g/mol. The lowest BCUT2D eigenvalue weighted by Gasteiger charge is -2.07. The third-order valence-electron chi connectivity index (χ3n) is 4.88. The van der Waals surface area contributed by atoms with Crippen LogP contribution in [0.1, 0.15) is 89.5 Å². The maximum Gasteiger partial charge on any atom is 0.160 e. The number of unbranched alkanes of at least 4 members (excludes halogenated alkanes) is 9. The van der Waals surface area contributed by atoms with Crippen LogP contribution in [0, 0.1) is 0 Å². The molecule has 0 aliphatic rings. The number of hydrogen-bond acceptors (Lipinski definition) is 3. The second-order valence-electron chi connectivity index (χ2n) is 7.29. The van der Waals surface area contributed by atoms with Crippen LogP contribution in [0.4, 0.5) is 0 Å². The van der Waals surface area contributed by atoms with Crippen molar-refractivity contribution in [2.75, 3.05) is 0 Å². The predicted molar refractivity (Wildman–Crippen MR) is 110 cm³/mol. The summed E-state index contributed by atoms with van der Waals surface area (Å²) in [6.45, 7) is 2.21. The molecule has 0 heterocycles. The highest BCUT2D eigenvalue weighted by Gasteiger charge is 2.05. The van der Waals surface area contributed by atoms with Crippen LogP contribution >= 0.6 is 0 Å². The molecule has 1 atom stereocenters. The van der Waals surface area contributed by atoms with Crippen molar-refractivity contribution in [3.8, 4) is 11.5 Å². The summed E-state index contributed by atoms with van der Waals surface area (Å²) in [4.78, 5) is 0. The summed E-state index contributed by atoms with van der Waals surface area (Å²) in [7, 11) is 0. The average molecular weight is 363 g/mol. The maximum absolute atomic E-state index is 9.90. The normalized spacial score (nSPS) is 12.7. The van der Waals surface area contributed by atoms with Gasteiger partial charge in [-0.2, -0.15) is 0 Å². The van der Waals surface area contributed by atoms with E-state index in [2.05, 4.69) is 13.0 Å². The maximum atomic E-state index is 9.90. The van der Waals surface area contributed by atoms with Gasteiger partial charge in [0.1, 0.15) is 0 Å². The molecule has 0 spiro atoms. The Labute approximate surface area is 159 Å². The summed E-state index contributed by atoms with van der Waals surface area (Å²) >= 11 is 0. The van der Waals surface area contributed by atoms with Crippen molar-refractivity contribution in [2.24, 2.45) is 0 Å². The van der Waals surface area contributed by atoms with Crippen LogP contribution in [0.3, 0.4) is 0 Å². The highest BCUT2D eigenvalue weighted by atomic mass is 16.3. The Morgan fingerprint density at radius 2 is 1.58 bits per heavy atom. The molecule has 1 rings (SSSR count). The van der Waals surface area contributed by atoms with Gasteiger partial charge < -0.3 is 15.3 Å². The van der Waals surface area contributed by atoms with E-state index >= 15 is 0 Å². The summed E-state index contributed by atoms with van der Waals surface area (Å²) < 4.78 is 0. The van der Waals surface area contributed by atoms with E-state index in [-0.39, 0.29) is 17.6 Å². The first-order chi connectivity index (χ1) is 12.6. The first-order valence-electron chi connectivity index (χ1n) is 10.5. The Hall–Kier alpha value is -1.48. The molecular formula is C23H38O3. The number of phenolic OH excluding ortho intramolecular Hbond substituents is 2. The zero-order valence-electron chi connectivity index (χ0n) is 16.5. The Morgan fingerprint density at radius 1 is 0.885 bits per heavy atom. The molecule has 0 fully saturated rings. The number of allylic oxidation sites excluding steroid dienone is 1. The topological polar surface area (TPSA) is 60.7 Å². The van der Waals surface area contributed by atoms with Crippen LogP contribution in [0.25, 0.3) is 0 Å². The van der Waals surface area contributed by atoms with Gasteiger partial charge in [-0.25, -0.2) is 0 Å². The van der Waals surface area contributed by atoms with Crippen LogP contribution in [0.15, 0.2) is 30.4 Å². The number of aryl methyl sites for hydroxylation is 1. The quantitative estimate of drug-likeness (QED) is 0.196. The van der Waals surface area contributed by atoms with Gasteiger partial charge in [0.05, 0.1) is 6.10 Å². The van der Waals surface area contributed by atoms with Gasteiger partial charge in [0.25, 0.3) is 0 Å². The number of aromatic hydroxyl groups is 2. The molecule has 148 valence electrons. The molecule has 0 aliphatic carbocycles. The Balaban J connectivity index is 1.94. The molecule has 0 radical (unpaired) electrons. The molecule has 0 saturated carbocycles. The lowest BCUT2D eigenvalue weighted by Crippen LogP contribution is -2.01. The van der Waals surface area contributed by atoms with Gasteiger partial charge >= 0.3 is 0 Å². The first kappa shape index (κ1) is 22.6. The van der Waals surface area contributed by atoms with E-state index < -0.39 is 0 Å². The minimum Gasteiger partial charge on any atom is -0.504 e. The third-order valence-corrected chi connectivity index (χ3v) is 4.88. The molecule has 3 heteroatoms. The lowest BCUT2D eigenvalue weighted by molar-refractivity contribution is 0.207. The van der Waals surface area contributed by atoms with Gasteiger partial charge in [-0.15, -0.1) is 0 Å². The van der Waals surface area contributed by atoms with Crippen molar-refractivity contribution >= 4 is 0 Å². The van der Waals surface area contributed by atoms with E-state index in [0.29, 0.717) is 0 Å². The van der Waals surface area contributed by atoms with Crippen molar-refractivity contribution in [1.82, 2.24) is 0 Å². The molecule has 1 aromatic rings. The number of para-hydroxylation sites is 1. The minimum atomic E-state index is -0.272. The number of phenols is 2. The van der Waals surface area contributed by atoms with E-state index in [1.807, 2.05) is 12.1 Å². The fraction of sp³-hybridized carbons (Fsp3) is 0.652. The van der Waals surface area contributed by atoms with Crippen molar-refractivity contribution in [3.05, 3.63) is 35.9 Å². The molecule has 3 nitrogen and oxygen atoms in total. The SMILES string of the molecule is CCCCC/C=C\C(O)CCCCCCCCCc1cccc(O)c1O. The van der Waals surface area contributed by atoms with Gasteiger partial charge in [0.2, 0.25) is 0 Å². The predicted octanol–water partition coefficient (Wildman–Crippen LogP) is 6.26. The average Bonchev–Trinajstić information content (AvgIpc) is 2.63. The van der Waals surface area contributed by atoms with Gasteiger partial charge in [-0.05, 0) is 43.7 Å². The van der Waals surface area contributed by atoms with Crippen LogP contribution in [-0.4, -0.2) is 21.4 Å². The molecule has 0 amide bonds. The van der Waals surface area contributed by atoms with Crippen LogP contribution in [0.5, 0.6) is 11.5 Å². The second-order valence-corrected chi connectivity index (χ2v) is 7.29. The fourth-order valence-corrected chi connectivity index (χ4v) is 3.19. The summed E-state index contributed by atoms with van der Waals surface area (Å²) in [6, 6.07) is 5.16. The second kappa shape index (κ2) is 14.7. The molecule has 1 aromatic carbocycles. The van der Waals surface area contributed by atoms with E-state index in [4.69, 9.17) is 0 Å². The highest BCUT2D eigenvalue weighted by Crippen LogP contribution is 2.29. The van der Waals surface area contributed by atoms with Gasteiger partial charge in [-0.1, -0.05) is 82.6 Å². The first-order valence-corrected chi connectivity index (χ1v) is 10.5. The van der Waals surface area contributed by atoms with E-state index in [0.717, 1.165) is 44.1 Å². The molecule has 0 aromatic heterocycles. The molecule has 1 unspecified atom stereocenters. The van der Waals surface area contributed by atoms with Crippen molar-refractivity contribution in [3.63, 3.8) is 0 Å². The smallest absolute Gasteiger partial charge is 0.160 e. The Kier molecular flexibility index (Phi) is 12.7. The van der Waals surface area contributed by atoms with E-state index in [1.165, 1.54) is 51.0 Å². The summed E-state index contributed by atoms with van der Waals surface area (Å²) in [5, 5.41) is 29.1. The van der Waals surface area contributed by atoms with Crippen LogP contribution < -0.4 is 0 Å². The molecule has 0 saturated heterocycles. The molecule has 0 aliphatic heterocycles.